The first-order valence-corrected chi connectivity index (χ1v) is 12.3. The Hall–Kier alpha value is -2.72. The van der Waals surface area contributed by atoms with Gasteiger partial charge in [-0.3, -0.25) is 4.21 Å². The molecule has 170 valence electrons. The molecule has 9 nitrogen and oxygen atoms in total. The summed E-state index contributed by atoms with van der Waals surface area (Å²) < 4.78 is 25.9. The van der Waals surface area contributed by atoms with E-state index in [2.05, 4.69) is 22.1 Å². The molecular formula is C22H28N6O3S. The van der Waals surface area contributed by atoms with Crippen molar-refractivity contribution in [2.24, 2.45) is 0 Å². The molecule has 0 saturated carbocycles. The summed E-state index contributed by atoms with van der Waals surface area (Å²) in [6.45, 7) is 7.66. The summed E-state index contributed by atoms with van der Waals surface area (Å²) in [5, 5.41) is 3.16. The third-order valence-electron chi connectivity index (χ3n) is 6.31. The molecule has 2 aliphatic rings. The van der Waals surface area contributed by atoms with E-state index in [-0.39, 0.29) is 12.1 Å². The highest BCUT2D eigenvalue weighted by Crippen LogP contribution is 2.43. The van der Waals surface area contributed by atoms with Crippen LogP contribution >= 0.6 is 0 Å². The van der Waals surface area contributed by atoms with Crippen molar-refractivity contribution in [3.63, 3.8) is 0 Å². The quantitative estimate of drug-likeness (QED) is 0.640. The van der Waals surface area contributed by atoms with Gasteiger partial charge in [-0.05, 0) is 32.9 Å². The summed E-state index contributed by atoms with van der Waals surface area (Å²) in [7, 11) is 0.638. The van der Waals surface area contributed by atoms with Gasteiger partial charge in [0.1, 0.15) is 12.3 Å². The number of hydrogen-bond acceptors (Lipinski definition) is 8. The van der Waals surface area contributed by atoms with Crippen LogP contribution in [0.4, 0.5) is 11.8 Å². The number of nitrogens with zero attached hydrogens (tertiary/aromatic N) is 5. The van der Waals surface area contributed by atoms with Gasteiger partial charge in [0.05, 0.1) is 41.1 Å². The molecule has 4 heterocycles. The minimum Gasteiger partial charge on any atom is -0.486 e. The molecule has 0 bridgehead atoms. The van der Waals surface area contributed by atoms with Crippen LogP contribution in [0.2, 0.25) is 0 Å². The van der Waals surface area contributed by atoms with Crippen LogP contribution in [0.25, 0.3) is 17.0 Å². The van der Waals surface area contributed by atoms with Crippen LogP contribution in [-0.2, 0) is 20.3 Å². The number of benzene rings is 1. The summed E-state index contributed by atoms with van der Waals surface area (Å²) in [6.07, 6.45) is 1.70. The molecule has 1 unspecified atom stereocenters. The predicted molar refractivity (Wildman–Crippen MR) is 125 cm³/mol. The number of hydrogen-bond donors (Lipinski definition) is 1. The van der Waals surface area contributed by atoms with Crippen molar-refractivity contribution in [3.8, 4) is 11.7 Å². The first-order chi connectivity index (χ1) is 15.3. The maximum atomic E-state index is 12.8. The van der Waals surface area contributed by atoms with Crippen molar-refractivity contribution in [1.29, 1.82) is 0 Å². The second-order valence-electron chi connectivity index (χ2n) is 8.76. The fraction of sp³-hybridized carbons (Fsp3) is 0.500. The minimum atomic E-state index is -1.19. The average Bonchev–Trinajstić information content (AvgIpc) is 3.16. The SMILES string of the molecule is CNc1nc2ccccc2n1-c1nc2c(c(C(C)(C)S(C)=O)n1)OC[C@@H]1COC[C@@H](C)N21. The predicted octanol–water partition coefficient (Wildman–Crippen LogP) is 2.46. The lowest BCUT2D eigenvalue weighted by Crippen LogP contribution is -2.56. The molecule has 5 rings (SSSR count). The van der Waals surface area contributed by atoms with Gasteiger partial charge in [-0.2, -0.15) is 4.98 Å². The van der Waals surface area contributed by atoms with Gasteiger partial charge in [0.25, 0.3) is 0 Å². The van der Waals surface area contributed by atoms with E-state index in [0.717, 1.165) is 16.9 Å². The molecule has 2 aromatic heterocycles. The number of nitrogens with one attached hydrogen (secondary N) is 1. The van der Waals surface area contributed by atoms with E-state index < -0.39 is 15.5 Å². The molecule has 1 saturated heterocycles. The maximum Gasteiger partial charge on any atom is 0.239 e. The first-order valence-electron chi connectivity index (χ1n) is 10.7. The van der Waals surface area contributed by atoms with Gasteiger partial charge >= 0.3 is 0 Å². The zero-order valence-electron chi connectivity index (χ0n) is 19.0. The number of fused-ring (bicyclic) bond motifs is 4. The van der Waals surface area contributed by atoms with Crippen molar-refractivity contribution in [2.75, 3.05) is 43.3 Å². The van der Waals surface area contributed by atoms with Gasteiger partial charge in [0.15, 0.2) is 11.6 Å². The smallest absolute Gasteiger partial charge is 0.239 e. The minimum absolute atomic E-state index is 0.0698. The highest BCUT2D eigenvalue weighted by molar-refractivity contribution is 7.85. The van der Waals surface area contributed by atoms with Gasteiger partial charge < -0.3 is 19.7 Å². The zero-order chi connectivity index (χ0) is 22.6. The third-order valence-corrected chi connectivity index (χ3v) is 7.94. The lowest BCUT2D eigenvalue weighted by Gasteiger charge is -2.45. The molecule has 0 radical (unpaired) electrons. The summed E-state index contributed by atoms with van der Waals surface area (Å²) in [5.41, 5.74) is 2.36. The molecule has 3 aromatic rings. The molecule has 0 aliphatic carbocycles. The average molecular weight is 457 g/mol. The molecule has 3 atom stereocenters. The fourth-order valence-electron chi connectivity index (χ4n) is 4.36. The van der Waals surface area contributed by atoms with E-state index in [1.165, 1.54) is 0 Å². The zero-order valence-corrected chi connectivity index (χ0v) is 19.8. The van der Waals surface area contributed by atoms with Crippen LogP contribution < -0.4 is 15.0 Å². The number of anilines is 2. The molecule has 32 heavy (non-hydrogen) atoms. The molecule has 1 fully saturated rings. The number of rotatable bonds is 4. The maximum absolute atomic E-state index is 12.8. The van der Waals surface area contributed by atoms with Crippen molar-refractivity contribution in [2.45, 2.75) is 37.6 Å². The third kappa shape index (κ3) is 3.15. The van der Waals surface area contributed by atoms with Crippen LogP contribution in [0.3, 0.4) is 0 Å². The molecule has 1 N–H and O–H groups in total. The molecule has 10 heteroatoms. The van der Waals surface area contributed by atoms with E-state index in [9.17, 15) is 4.21 Å². The Morgan fingerprint density at radius 2 is 1.94 bits per heavy atom. The van der Waals surface area contributed by atoms with Crippen LogP contribution in [0.5, 0.6) is 5.75 Å². The van der Waals surface area contributed by atoms with Crippen LogP contribution in [0.15, 0.2) is 24.3 Å². The summed E-state index contributed by atoms with van der Waals surface area (Å²) >= 11 is 0. The number of ether oxygens (including phenoxy) is 2. The first kappa shape index (κ1) is 21.1. The summed E-state index contributed by atoms with van der Waals surface area (Å²) in [6, 6.07) is 8.07. The van der Waals surface area contributed by atoms with E-state index >= 15 is 0 Å². The Morgan fingerprint density at radius 1 is 1.16 bits per heavy atom. The van der Waals surface area contributed by atoms with Crippen molar-refractivity contribution >= 4 is 33.6 Å². The van der Waals surface area contributed by atoms with Crippen molar-refractivity contribution in [3.05, 3.63) is 30.0 Å². The van der Waals surface area contributed by atoms with Crippen LogP contribution in [-0.4, -0.2) is 68.9 Å². The van der Waals surface area contributed by atoms with E-state index in [1.54, 1.807) is 6.26 Å². The van der Waals surface area contributed by atoms with Crippen molar-refractivity contribution < 1.29 is 13.7 Å². The van der Waals surface area contributed by atoms with Gasteiger partial charge in [0.2, 0.25) is 11.9 Å². The molecule has 2 aliphatic heterocycles. The number of aromatic nitrogens is 4. The van der Waals surface area contributed by atoms with Crippen LogP contribution in [0.1, 0.15) is 26.5 Å². The Balaban J connectivity index is 1.81. The number of para-hydroxylation sites is 2. The molecule has 0 spiro atoms. The Morgan fingerprint density at radius 3 is 2.69 bits per heavy atom. The number of imidazole rings is 1. The van der Waals surface area contributed by atoms with E-state index in [0.29, 0.717) is 43.2 Å². The summed E-state index contributed by atoms with van der Waals surface area (Å²) in [4.78, 5) is 16.9. The van der Waals surface area contributed by atoms with Gasteiger partial charge in [-0.15, -0.1) is 0 Å². The van der Waals surface area contributed by atoms with Crippen molar-refractivity contribution in [1.82, 2.24) is 19.5 Å². The van der Waals surface area contributed by atoms with E-state index in [1.807, 2.05) is 49.7 Å². The van der Waals surface area contributed by atoms with Gasteiger partial charge in [-0.25, -0.2) is 14.5 Å². The Bertz CT molecular complexity index is 1210. The fourth-order valence-corrected chi connectivity index (χ4v) is 4.77. The topological polar surface area (TPSA) is 94.4 Å². The second kappa shape index (κ2) is 7.70. The standard InChI is InChI=1S/C22H28N6O3S/c1-13-10-30-11-14-12-31-17-18(22(2,3)32(5)29)25-21(26-19(17)27(13)14)28-16-9-7-6-8-15(16)24-20(28)23-4/h6-9,13-14H,10-12H2,1-5H3,(H,23,24)/t13-,14+,32?/m1/s1. The highest BCUT2D eigenvalue weighted by Gasteiger charge is 2.42. The van der Waals surface area contributed by atoms with Gasteiger partial charge in [0, 0.05) is 24.1 Å². The van der Waals surface area contributed by atoms with Crippen LogP contribution in [0, 0.1) is 0 Å². The number of morpholine rings is 1. The Labute approximate surface area is 189 Å². The largest absolute Gasteiger partial charge is 0.486 e. The molecule has 1 aromatic carbocycles. The van der Waals surface area contributed by atoms with E-state index in [4.69, 9.17) is 19.4 Å². The monoisotopic (exact) mass is 456 g/mol. The lowest BCUT2D eigenvalue weighted by molar-refractivity contribution is 0.0482. The highest BCUT2D eigenvalue weighted by atomic mass is 32.2. The normalized spacial score (nSPS) is 21.6. The summed E-state index contributed by atoms with van der Waals surface area (Å²) in [5.74, 6) is 2.43. The Kier molecular flexibility index (Phi) is 5.09. The lowest BCUT2D eigenvalue weighted by atomic mass is 10.0. The molecule has 0 amide bonds. The molecular weight excluding hydrogens is 428 g/mol. The van der Waals surface area contributed by atoms with Gasteiger partial charge in [-0.1, -0.05) is 12.1 Å². The second-order valence-corrected chi connectivity index (χ2v) is 10.7.